The molecule has 0 aliphatic carbocycles. The van der Waals surface area contributed by atoms with Gasteiger partial charge in [0, 0.05) is 18.0 Å². The Bertz CT molecular complexity index is 830. The number of anilines is 1. The molecule has 0 saturated carbocycles. The van der Waals surface area contributed by atoms with E-state index in [9.17, 15) is 4.79 Å². The molecule has 3 aromatic rings. The van der Waals surface area contributed by atoms with Gasteiger partial charge in [-0.1, -0.05) is 24.3 Å². The number of aromatic nitrogens is 3. The van der Waals surface area contributed by atoms with Crippen LogP contribution in [0.25, 0.3) is 5.69 Å². The molecule has 6 heteroatoms. The van der Waals surface area contributed by atoms with Crippen LogP contribution >= 0.6 is 0 Å². The van der Waals surface area contributed by atoms with Crippen LogP contribution in [0.3, 0.4) is 0 Å². The highest BCUT2D eigenvalue weighted by atomic mass is 16.5. The molecule has 0 spiro atoms. The zero-order chi connectivity index (χ0) is 16.9. The number of aryl methyl sites for hydroxylation is 1. The summed E-state index contributed by atoms with van der Waals surface area (Å²) in [4.78, 5) is 16.4. The normalized spacial score (nSPS) is 11.8. The molecular weight excluding hydrogens is 304 g/mol. The molecule has 1 amide bonds. The second kappa shape index (κ2) is 6.95. The van der Waals surface area contributed by atoms with E-state index in [0.717, 1.165) is 11.4 Å². The SMILES string of the molecule is Cc1cccc(NC(=O)C(C)Oc2ccn(-c3ccccc3)n2)n1. The van der Waals surface area contributed by atoms with Gasteiger partial charge in [0.2, 0.25) is 5.88 Å². The highest BCUT2D eigenvalue weighted by molar-refractivity contribution is 5.93. The lowest BCUT2D eigenvalue weighted by Gasteiger charge is -2.12. The summed E-state index contributed by atoms with van der Waals surface area (Å²) in [6, 6.07) is 16.9. The number of pyridine rings is 1. The van der Waals surface area contributed by atoms with Gasteiger partial charge in [0.25, 0.3) is 5.91 Å². The maximum atomic E-state index is 12.2. The van der Waals surface area contributed by atoms with Crippen molar-refractivity contribution >= 4 is 11.7 Å². The fraction of sp³-hybridized carbons (Fsp3) is 0.167. The molecule has 1 unspecified atom stereocenters. The van der Waals surface area contributed by atoms with Crippen molar-refractivity contribution in [1.29, 1.82) is 0 Å². The molecule has 3 rings (SSSR count). The number of ether oxygens (including phenoxy) is 1. The fourth-order valence-corrected chi connectivity index (χ4v) is 2.17. The van der Waals surface area contributed by atoms with Crippen molar-refractivity contribution in [2.75, 3.05) is 5.32 Å². The molecule has 2 heterocycles. The summed E-state index contributed by atoms with van der Waals surface area (Å²) in [6.45, 7) is 3.54. The second-order valence-electron chi connectivity index (χ2n) is 5.35. The Hall–Kier alpha value is -3.15. The molecule has 2 aromatic heterocycles. The third-order valence-electron chi connectivity index (χ3n) is 3.39. The number of hydrogen-bond donors (Lipinski definition) is 1. The summed E-state index contributed by atoms with van der Waals surface area (Å²) < 4.78 is 7.31. The van der Waals surface area contributed by atoms with Crippen LogP contribution in [0.5, 0.6) is 5.88 Å². The largest absolute Gasteiger partial charge is 0.463 e. The van der Waals surface area contributed by atoms with Crippen LogP contribution in [-0.2, 0) is 4.79 Å². The number of benzene rings is 1. The van der Waals surface area contributed by atoms with E-state index in [-0.39, 0.29) is 5.91 Å². The van der Waals surface area contributed by atoms with Crippen molar-refractivity contribution in [3.05, 3.63) is 66.5 Å². The first-order valence-corrected chi connectivity index (χ1v) is 7.64. The maximum Gasteiger partial charge on any atom is 0.266 e. The first-order chi connectivity index (χ1) is 11.6. The number of carbonyl (C=O) groups excluding carboxylic acids is 1. The van der Waals surface area contributed by atoms with Gasteiger partial charge in [-0.15, -0.1) is 5.10 Å². The average molecular weight is 322 g/mol. The van der Waals surface area contributed by atoms with Crippen molar-refractivity contribution < 1.29 is 9.53 Å². The lowest BCUT2D eigenvalue weighted by atomic mass is 10.3. The summed E-state index contributed by atoms with van der Waals surface area (Å²) >= 11 is 0. The van der Waals surface area contributed by atoms with Gasteiger partial charge < -0.3 is 10.1 Å². The molecule has 0 fully saturated rings. The quantitative estimate of drug-likeness (QED) is 0.784. The van der Waals surface area contributed by atoms with Gasteiger partial charge in [-0.25, -0.2) is 9.67 Å². The van der Waals surface area contributed by atoms with Crippen LogP contribution in [-0.4, -0.2) is 26.8 Å². The first kappa shape index (κ1) is 15.7. The van der Waals surface area contributed by atoms with E-state index in [1.807, 2.05) is 49.4 Å². The molecule has 0 radical (unpaired) electrons. The Labute approximate surface area is 140 Å². The van der Waals surface area contributed by atoms with Crippen molar-refractivity contribution in [2.45, 2.75) is 20.0 Å². The predicted molar refractivity (Wildman–Crippen MR) is 91.3 cm³/mol. The number of nitrogens with zero attached hydrogens (tertiary/aromatic N) is 3. The monoisotopic (exact) mass is 322 g/mol. The lowest BCUT2D eigenvalue weighted by Crippen LogP contribution is -2.30. The number of carbonyl (C=O) groups is 1. The van der Waals surface area contributed by atoms with Crippen LogP contribution < -0.4 is 10.1 Å². The second-order valence-corrected chi connectivity index (χ2v) is 5.35. The molecule has 1 atom stereocenters. The fourth-order valence-electron chi connectivity index (χ4n) is 2.17. The zero-order valence-electron chi connectivity index (χ0n) is 13.5. The van der Waals surface area contributed by atoms with E-state index in [4.69, 9.17) is 4.74 Å². The Morgan fingerprint density at radius 3 is 2.67 bits per heavy atom. The van der Waals surface area contributed by atoms with Gasteiger partial charge >= 0.3 is 0 Å². The van der Waals surface area contributed by atoms with Crippen molar-refractivity contribution in [3.63, 3.8) is 0 Å². The van der Waals surface area contributed by atoms with Gasteiger partial charge in [-0.05, 0) is 38.1 Å². The Kier molecular flexibility index (Phi) is 4.56. The van der Waals surface area contributed by atoms with Crippen LogP contribution in [0.4, 0.5) is 5.82 Å². The molecule has 24 heavy (non-hydrogen) atoms. The van der Waals surface area contributed by atoms with E-state index < -0.39 is 6.10 Å². The van der Waals surface area contributed by atoms with Crippen LogP contribution in [0.1, 0.15) is 12.6 Å². The standard InChI is InChI=1S/C18H18N4O2/c1-13-7-6-10-16(19-13)20-18(23)14(2)24-17-11-12-22(21-17)15-8-4-3-5-9-15/h3-12,14H,1-2H3,(H,19,20,23). The van der Waals surface area contributed by atoms with E-state index >= 15 is 0 Å². The number of hydrogen-bond acceptors (Lipinski definition) is 4. The average Bonchev–Trinajstić information content (AvgIpc) is 3.04. The first-order valence-electron chi connectivity index (χ1n) is 7.64. The molecule has 0 aliphatic rings. The number of amides is 1. The van der Waals surface area contributed by atoms with Crippen molar-refractivity contribution in [2.24, 2.45) is 0 Å². The summed E-state index contributed by atoms with van der Waals surface area (Å²) in [5.74, 6) is 0.617. The summed E-state index contributed by atoms with van der Waals surface area (Å²) in [6.07, 6.45) is 1.10. The van der Waals surface area contributed by atoms with Crippen molar-refractivity contribution in [3.8, 4) is 11.6 Å². The Morgan fingerprint density at radius 1 is 1.12 bits per heavy atom. The summed E-state index contributed by atoms with van der Waals surface area (Å²) in [7, 11) is 0. The van der Waals surface area contributed by atoms with Gasteiger partial charge in [-0.2, -0.15) is 0 Å². The molecular formula is C18H18N4O2. The third-order valence-corrected chi connectivity index (χ3v) is 3.39. The van der Waals surface area contributed by atoms with Crippen LogP contribution in [0.2, 0.25) is 0 Å². The van der Waals surface area contributed by atoms with Gasteiger partial charge in [0.1, 0.15) is 5.82 Å². The summed E-state index contributed by atoms with van der Waals surface area (Å²) in [5, 5.41) is 7.05. The molecule has 1 N–H and O–H groups in total. The van der Waals surface area contributed by atoms with Gasteiger partial charge in [0.15, 0.2) is 6.10 Å². The Balaban J connectivity index is 1.63. The molecule has 0 saturated heterocycles. The predicted octanol–water partition coefficient (Wildman–Crippen LogP) is 2.98. The highest BCUT2D eigenvalue weighted by Gasteiger charge is 2.16. The summed E-state index contributed by atoms with van der Waals surface area (Å²) in [5.41, 5.74) is 1.76. The molecule has 1 aromatic carbocycles. The smallest absolute Gasteiger partial charge is 0.266 e. The van der Waals surface area contributed by atoms with E-state index in [2.05, 4.69) is 15.4 Å². The Morgan fingerprint density at radius 2 is 1.92 bits per heavy atom. The molecule has 0 bridgehead atoms. The minimum Gasteiger partial charge on any atom is -0.463 e. The van der Waals surface area contributed by atoms with E-state index in [1.54, 1.807) is 29.9 Å². The van der Waals surface area contributed by atoms with E-state index in [1.165, 1.54) is 0 Å². The van der Waals surface area contributed by atoms with Crippen LogP contribution in [0, 0.1) is 6.92 Å². The maximum absolute atomic E-state index is 12.2. The molecule has 122 valence electrons. The minimum atomic E-state index is -0.688. The molecule has 6 nitrogen and oxygen atoms in total. The number of nitrogens with one attached hydrogen (secondary N) is 1. The van der Waals surface area contributed by atoms with Crippen molar-refractivity contribution in [1.82, 2.24) is 14.8 Å². The van der Waals surface area contributed by atoms with E-state index in [0.29, 0.717) is 11.7 Å². The highest BCUT2D eigenvalue weighted by Crippen LogP contribution is 2.14. The molecule has 0 aliphatic heterocycles. The third kappa shape index (κ3) is 3.78. The van der Waals surface area contributed by atoms with Crippen LogP contribution in [0.15, 0.2) is 60.8 Å². The topological polar surface area (TPSA) is 69.0 Å². The minimum absolute atomic E-state index is 0.276. The van der Waals surface area contributed by atoms with Gasteiger partial charge in [0.05, 0.1) is 5.69 Å². The number of rotatable bonds is 5. The van der Waals surface area contributed by atoms with Gasteiger partial charge in [-0.3, -0.25) is 4.79 Å². The lowest BCUT2D eigenvalue weighted by molar-refractivity contribution is -0.122. The zero-order valence-corrected chi connectivity index (χ0v) is 13.5. The number of para-hydroxylation sites is 1.